The lowest BCUT2D eigenvalue weighted by molar-refractivity contribution is -0.115. The molecule has 0 aliphatic carbocycles. The summed E-state index contributed by atoms with van der Waals surface area (Å²) >= 11 is 5.84. The third kappa shape index (κ3) is 5.04. The predicted molar refractivity (Wildman–Crippen MR) is 98.3 cm³/mol. The van der Waals surface area contributed by atoms with Crippen LogP contribution in [-0.2, 0) is 14.8 Å². The van der Waals surface area contributed by atoms with Gasteiger partial charge >= 0.3 is 0 Å². The van der Waals surface area contributed by atoms with Crippen LogP contribution in [0, 0.1) is 0 Å². The SMILES string of the molecule is COc1ccc(Cl)cc1S(=O)(=O)NCC(=O)Nc1cccc(C(C)=O)c1. The number of hydrogen-bond acceptors (Lipinski definition) is 5. The predicted octanol–water partition coefficient (Wildman–Crippen LogP) is 2.47. The van der Waals surface area contributed by atoms with Gasteiger partial charge in [-0.25, -0.2) is 13.1 Å². The summed E-state index contributed by atoms with van der Waals surface area (Å²) in [5.74, 6) is -0.624. The van der Waals surface area contributed by atoms with Crippen LogP contribution >= 0.6 is 11.6 Å². The maximum atomic E-state index is 12.4. The number of hydrogen-bond donors (Lipinski definition) is 2. The van der Waals surface area contributed by atoms with Crippen molar-refractivity contribution in [3.8, 4) is 5.75 Å². The lowest BCUT2D eigenvalue weighted by Gasteiger charge is -2.11. The second kappa shape index (κ2) is 8.31. The number of ketones is 1. The number of amides is 1. The van der Waals surface area contributed by atoms with Gasteiger partial charge in [-0.05, 0) is 37.3 Å². The summed E-state index contributed by atoms with van der Waals surface area (Å²) in [7, 11) is -2.68. The summed E-state index contributed by atoms with van der Waals surface area (Å²) in [5.41, 5.74) is 0.828. The second-order valence-corrected chi connectivity index (χ2v) is 7.48. The molecule has 0 heterocycles. The Bertz CT molecular complexity index is 944. The molecule has 7 nitrogen and oxygen atoms in total. The molecule has 1 amide bonds. The number of sulfonamides is 1. The molecule has 0 fully saturated rings. The lowest BCUT2D eigenvalue weighted by atomic mass is 10.1. The van der Waals surface area contributed by atoms with Gasteiger partial charge in [0.15, 0.2) is 5.78 Å². The van der Waals surface area contributed by atoms with E-state index in [1.165, 1.54) is 38.3 Å². The van der Waals surface area contributed by atoms with Gasteiger partial charge in [0.1, 0.15) is 10.6 Å². The van der Waals surface area contributed by atoms with Gasteiger partial charge in [-0.1, -0.05) is 23.7 Å². The van der Waals surface area contributed by atoms with Crippen molar-refractivity contribution in [2.24, 2.45) is 0 Å². The fraction of sp³-hybridized carbons (Fsp3) is 0.176. The molecule has 138 valence electrons. The first-order chi connectivity index (χ1) is 12.2. The van der Waals surface area contributed by atoms with E-state index in [0.717, 1.165) is 0 Å². The molecule has 0 aliphatic heterocycles. The van der Waals surface area contributed by atoms with Crippen molar-refractivity contribution in [1.82, 2.24) is 4.72 Å². The second-order valence-electron chi connectivity index (χ2n) is 5.30. The molecule has 0 saturated carbocycles. The fourth-order valence-corrected chi connectivity index (χ4v) is 3.53. The van der Waals surface area contributed by atoms with Gasteiger partial charge in [0.25, 0.3) is 0 Å². The molecule has 0 spiro atoms. The van der Waals surface area contributed by atoms with E-state index >= 15 is 0 Å². The largest absolute Gasteiger partial charge is 0.495 e. The quantitative estimate of drug-likeness (QED) is 0.700. The highest BCUT2D eigenvalue weighted by molar-refractivity contribution is 7.89. The number of methoxy groups -OCH3 is 1. The third-order valence-electron chi connectivity index (χ3n) is 3.39. The molecule has 2 N–H and O–H groups in total. The van der Waals surface area contributed by atoms with E-state index in [9.17, 15) is 18.0 Å². The van der Waals surface area contributed by atoms with Crippen molar-refractivity contribution in [2.45, 2.75) is 11.8 Å². The molecule has 9 heteroatoms. The monoisotopic (exact) mass is 396 g/mol. The van der Waals surface area contributed by atoms with E-state index in [1.807, 2.05) is 0 Å². The molecular formula is C17H17ClN2O5S. The Kier molecular flexibility index (Phi) is 6.36. The first-order valence-corrected chi connectivity index (χ1v) is 9.33. The zero-order valence-corrected chi connectivity index (χ0v) is 15.6. The standard InChI is InChI=1S/C17H17ClN2O5S/c1-11(21)12-4-3-5-14(8-12)20-17(22)10-19-26(23,24)16-9-13(18)6-7-15(16)25-2/h3-9,19H,10H2,1-2H3,(H,20,22). The Morgan fingerprint density at radius 1 is 1.15 bits per heavy atom. The molecule has 26 heavy (non-hydrogen) atoms. The Morgan fingerprint density at radius 2 is 1.88 bits per heavy atom. The van der Waals surface area contributed by atoms with Gasteiger partial charge in [-0.2, -0.15) is 0 Å². The van der Waals surface area contributed by atoms with Crippen LogP contribution in [0.2, 0.25) is 5.02 Å². The molecule has 0 unspecified atom stereocenters. The summed E-state index contributed by atoms with van der Waals surface area (Å²) in [6.07, 6.45) is 0. The van der Waals surface area contributed by atoms with Crippen molar-refractivity contribution in [3.63, 3.8) is 0 Å². The van der Waals surface area contributed by atoms with Crippen LogP contribution in [0.25, 0.3) is 0 Å². The number of carbonyl (C=O) groups excluding carboxylic acids is 2. The maximum absolute atomic E-state index is 12.4. The number of benzene rings is 2. The smallest absolute Gasteiger partial charge is 0.244 e. The van der Waals surface area contributed by atoms with E-state index in [0.29, 0.717) is 11.3 Å². The van der Waals surface area contributed by atoms with Crippen molar-refractivity contribution in [3.05, 3.63) is 53.1 Å². The normalized spacial score (nSPS) is 11.0. The van der Waals surface area contributed by atoms with E-state index in [-0.39, 0.29) is 21.5 Å². The van der Waals surface area contributed by atoms with Gasteiger partial charge in [-0.3, -0.25) is 9.59 Å². The van der Waals surface area contributed by atoms with Gasteiger partial charge in [0.05, 0.1) is 13.7 Å². The summed E-state index contributed by atoms with van der Waals surface area (Å²) in [6.45, 7) is 0.912. The van der Waals surface area contributed by atoms with Crippen molar-refractivity contribution in [1.29, 1.82) is 0 Å². The highest BCUT2D eigenvalue weighted by atomic mass is 35.5. The highest BCUT2D eigenvalue weighted by Crippen LogP contribution is 2.26. The number of ether oxygens (including phenoxy) is 1. The fourth-order valence-electron chi connectivity index (χ4n) is 2.12. The zero-order chi connectivity index (χ0) is 19.3. The highest BCUT2D eigenvalue weighted by Gasteiger charge is 2.21. The number of nitrogens with one attached hydrogen (secondary N) is 2. The molecule has 2 aromatic carbocycles. The maximum Gasteiger partial charge on any atom is 0.244 e. The van der Waals surface area contributed by atoms with Crippen LogP contribution < -0.4 is 14.8 Å². The minimum atomic E-state index is -4.01. The van der Waals surface area contributed by atoms with Gasteiger partial charge < -0.3 is 10.1 Å². The number of carbonyl (C=O) groups is 2. The molecule has 2 aromatic rings. The molecule has 0 saturated heterocycles. The van der Waals surface area contributed by atoms with Crippen LogP contribution in [0.4, 0.5) is 5.69 Å². The molecule has 0 aliphatic rings. The van der Waals surface area contributed by atoms with E-state index < -0.39 is 22.5 Å². The van der Waals surface area contributed by atoms with E-state index in [4.69, 9.17) is 16.3 Å². The Morgan fingerprint density at radius 3 is 2.54 bits per heavy atom. The van der Waals surface area contributed by atoms with Crippen LogP contribution in [0.15, 0.2) is 47.4 Å². The van der Waals surface area contributed by atoms with Crippen molar-refractivity contribution >= 4 is 39.0 Å². The molecular weight excluding hydrogens is 380 g/mol. The number of anilines is 1. The summed E-state index contributed by atoms with van der Waals surface area (Å²) in [4.78, 5) is 23.2. The summed E-state index contributed by atoms with van der Waals surface area (Å²) in [5, 5.41) is 2.74. The Hall–Kier alpha value is -2.42. The van der Waals surface area contributed by atoms with Crippen molar-refractivity contribution < 1.29 is 22.7 Å². The van der Waals surface area contributed by atoms with E-state index in [2.05, 4.69) is 10.0 Å². The topological polar surface area (TPSA) is 102 Å². The Balaban J connectivity index is 2.08. The molecule has 0 radical (unpaired) electrons. The molecule has 0 atom stereocenters. The number of rotatable bonds is 7. The van der Waals surface area contributed by atoms with Crippen LogP contribution in [0.3, 0.4) is 0 Å². The molecule has 0 aromatic heterocycles. The summed E-state index contributed by atoms with van der Waals surface area (Å²) in [6, 6.07) is 10.5. The molecule has 2 rings (SSSR count). The van der Waals surface area contributed by atoms with Gasteiger partial charge in [-0.15, -0.1) is 0 Å². The Labute approximate surface area is 156 Å². The van der Waals surface area contributed by atoms with Crippen LogP contribution in [0.1, 0.15) is 17.3 Å². The average Bonchev–Trinajstić information content (AvgIpc) is 2.60. The van der Waals surface area contributed by atoms with Gasteiger partial charge in [0, 0.05) is 16.3 Å². The average molecular weight is 397 g/mol. The lowest BCUT2D eigenvalue weighted by Crippen LogP contribution is -2.33. The summed E-state index contributed by atoms with van der Waals surface area (Å²) < 4.78 is 32.0. The van der Waals surface area contributed by atoms with E-state index in [1.54, 1.807) is 18.2 Å². The third-order valence-corrected chi connectivity index (χ3v) is 5.05. The van der Waals surface area contributed by atoms with Crippen LogP contribution in [0.5, 0.6) is 5.75 Å². The van der Waals surface area contributed by atoms with Crippen LogP contribution in [-0.4, -0.2) is 33.8 Å². The minimum Gasteiger partial charge on any atom is -0.495 e. The number of Topliss-reactive ketones (excluding diaryl/α,β-unsaturated/α-hetero) is 1. The first kappa shape index (κ1) is 19.9. The first-order valence-electron chi connectivity index (χ1n) is 7.47. The minimum absolute atomic E-state index is 0.108. The van der Waals surface area contributed by atoms with Crippen molar-refractivity contribution in [2.75, 3.05) is 19.0 Å². The zero-order valence-electron chi connectivity index (χ0n) is 14.1. The van der Waals surface area contributed by atoms with Gasteiger partial charge in [0.2, 0.25) is 15.9 Å². The molecule has 0 bridgehead atoms. The number of halogens is 1.